The molecule has 1 aliphatic heterocycles. The zero-order valence-corrected chi connectivity index (χ0v) is 41.4. The van der Waals surface area contributed by atoms with Gasteiger partial charge in [-0.25, -0.2) is 4.98 Å². The minimum absolute atomic E-state index is 0. The van der Waals surface area contributed by atoms with Crippen molar-refractivity contribution in [3.8, 4) is 84.1 Å². The number of pyridine rings is 1. The van der Waals surface area contributed by atoms with Crippen LogP contribution in [0, 0.1) is 19.1 Å². The van der Waals surface area contributed by atoms with Crippen LogP contribution in [-0.2, 0) is 26.5 Å². The van der Waals surface area contributed by atoms with Crippen molar-refractivity contribution >= 4 is 33.2 Å². The zero-order chi connectivity index (χ0) is 46.4. The Balaban J connectivity index is 0.00000505. The number of para-hydroxylation sites is 1. The molecule has 70 heavy (non-hydrogen) atoms. The van der Waals surface area contributed by atoms with E-state index in [4.69, 9.17) is 14.7 Å². The van der Waals surface area contributed by atoms with Gasteiger partial charge in [-0.2, -0.15) is 6.07 Å². The predicted molar refractivity (Wildman–Crippen MR) is 284 cm³/mol. The van der Waals surface area contributed by atoms with Crippen molar-refractivity contribution < 1.29 is 25.8 Å². The molecule has 1 aliphatic carbocycles. The average molecular weight is 1080 g/mol. The van der Waals surface area contributed by atoms with Crippen molar-refractivity contribution in [2.24, 2.45) is 4.99 Å². The fourth-order valence-corrected chi connectivity index (χ4v) is 10.6. The molecule has 0 saturated carbocycles. The summed E-state index contributed by atoms with van der Waals surface area (Å²) < 4.78 is 9.25. The van der Waals surface area contributed by atoms with E-state index in [2.05, 4.69) is 239 Å². The second-order valence-corrected chi connectivity index (χ2v) is 19.1. The molecule has 2 aromatic heterocycles. The van der Waals surface area contributed by atoms with Crippen LogP contribution in [0.3, 0.4) is 0 Å². The number of aromatic nitrogens is 2. The number of aliphatic imine (C=N–C) groups is 1. The van der Waals surface area contributed by atoms with Gasteiger partial charge in [0.1, 0.15) is 5.82 Å². The molecule has 0 radical (unpaired) electrons. The van der Waals surface area contributed by atoms with Crippen LogP contribution in [0.5, 0.6) is 11.5 Å². The predicted octanol–water partition coefficient (Wildman–Crippen LogP) is 17.0. The van der Waals surface area contributed by atoms with Gasteiger partial charge in [0.05, 0.1) is 5.69 Å². The van der Waals surface area contributed by atoms with Gasteiger partial charge in [0, 0.05) is 28.8 Å². The first-order chi connectivity index (χ1) is 33.8. The number of hydrogen-bond donors (Lipinski definition) is 0. The fourth-order valence-electron chi connectivity index (χ4n) is 10.6. The fraction of sp³-hybridized carbons (Fsp3) is 0.0769. The molecule has 3 heterocycles. The first-order valence-corrected chi connectivity index (χ1v) is 23.7. The van der Waals surface area contributed by atoms with E-state index in [0.29, 0.717) is 11.5 Å². The Morgan fingerprint density at radius 2 is 1.03 bits per heavy atom. The summed E-state index contributed by atoms with van der Waals surface area (Å²) in [4.78, 5) is 10.5. The van der Waals surface area contributed by atoms with Gasteiger partial charge >= 0.3 is 21.1 Å². The van der Waals surface area contributed by atoms with Gasteiger partial charge in [-0.3, -0.25) is 4.99 Å². The monoisotopic (exact) mass is 1080 g/mol. The van der Waals surface area contributed by atoms with Crippen LogP contribution in [-0.4, -0.2) is 15.3 Å². The van der Waals surface area contributed by atoms with Gasteiger partial charge < -0.3 is 9.30 Å². The number of ether oxygens (including phenoxy) is 1. The molecule has 0 saturated heterocycles. The summed E-state index contributed by atoms with van der Waals surface area (Å²) in [5, 5.41) is 2.20. The molecule has 0 fully saturated rings. The van der Waals surface area contributed by atoms with Crippen LogP contribution in [0.15, 0.2) is 205 Å². The van der Waals surface area contributed by atoms with Gasteiger partial charge in [0.25, 0.3) is 0 Å². The van der Waals surface area contributed by atoms with E-state index in [9.17, 15) is 0 Å². The molecule has 9 aromatic carbocycles. The Morgan fingerprint density at radius 1 is 0.500 bits per heavy atom. The van der Waals surface area contributed by atoms with Gasteiger partial charge in [-0.15, -0.1) is 35.2 Å². The van der Waals surface area contributed by atoms with Crippen LogP contribution in [0.4, 0.5) is 5.69 Å². The maximum absolute atomic E-state index is 6.97. The number of hydrogen-bond acceptors (Lipinski definition) is 3. The smallest absolute Gasteiger partial charge is 0.503 e. The largest absolute Gasteiger partial charge is 2.00 e. The molecule has 0 spiro atoms. The maximum atomic E-state index is 6.97. The summed E-state index contributed by atoms with van der Waals surface area (Å²) in [7, 11) is 0. The van der Waals surface area contributed by atoms with Gasteiger partial charge in [-0.1, -0.05) is 190 Å². The second-order valence-electron chi connectivity index (χ2n) is 19.1. The molecular weight excluding hydrogens is 1030 g/mol. The van der Waals surface area contributed by atoms with Crippen LogP contribution < -0.4 is 4.74 Å². The third kappa shape index (κ3) is 7.00. The van der Waals surface area contributed by atoms with Gasteiger partial charge in [-0.05, 0) is 113 Å². The standard InChI is InChI=1S/C65H45N3O.Pt/c1-40-29-30-41(64-55-27-14-12-24-51(55)47-20-7-9-21-48(47)52-25-15-16-28-57(52)67-64)37-60(40)69-43-31-32-56-59(39-43)68(61-38-42(35-36-66-61)65(2,3)4)58-34-33-54-50-23-10-8-19-46(50)44-17-5-6-18-45(44)49-22-11-13-26-53(49)62(54)63(56)58;/h5-36,38H,1-4H3;/q-2;+2. The SMILES string of the molecule is Cc1ccc(C2=Nc3ccccc3-c3ccccc3-c3ccccc32)[c-]c1Oc1[c-]c2c(cc1)c1c3c(ccc1n2-c1cc(C(C)(C)C)ccn1)-c1ccccc1-c1ccccc1-c1ccccc1-3.[Pt+2]. The first kappa shape index (κ1) is 43.4. The molecular formula is C65H45N3OPt. The third-order valence-electron chi connectivity index (χ3n) is 14.0. The zero-order valence-electron chi connectivity index (χ0n) is 39.1. The molecule has 0 N–H and O–H groups in total. The second kappa shape index (κ2) is 16.9. The summed E-state index contributed by atoms with van der Waals surface area (Å²) in [5.41, 5.74) is 21.8. The summed E-state index contributed by atoms with van der Waals surface area (Å²) >= 11 is 0. The minimum Gasteiger partial charge on any atom is -0.503 e. The third-order valence-corrected chi connectivity index (χ3v) is 14.0. The van der Waals surface area contributed by atoms with Crippen LogP contribution in [0.1, 0.15) is 43.0 Å². The van der Waals surface area contributed by atoms with Crippen molar-refractivity contribution in [1.29, 1.82) is 0 Å². The molecule has 2 aliphatic rings. The topological polar surface area (TPSA) is 39.4 Å². The normalized spacial score (nSPS) is 12.3. The molecule has 0 atom stereocenters. The van der Waals surface area contributed by atoms with E-state index >= 15 is 0 Å². The molecule has 11 aromatic rings. The van der Waals surface area contributed by atoms with E-state index in [1.54, 1.807) is 0 Å². The molecule has 0 unspecified atom stereocenters. The quantitative estimate of drug-likeness (QED) is 0.165. The average Bonchev–Trinajstić information content (AvgIpc) is 3.71. The summed E-state index contributed by atoms with van der Waals surface area (Å²) in [6, 6.07) is 76.9. The van der Waals surface area contributed by atoms with Crippen molar-refractivity contribution in [1.82, 2.24) is 9.55 Å². The number of benzene rings is 9. The van der Waals surface area contributed by atoms with E-state index < -0.39 is 0 Å². The van der Waals surface area contributed by atoms with Gasteiger partial charge in [0.15, 0.2) is 0 Å². The van der Waals surface area contributed by atoms with Gasteiger partial charge in [0.2, 0.25) is 0 Å². The number of aryl methyl sites for hydroxylation is 1. The minimum atomic E-state index is -0.0923. The van der Waals surface area contributed by atoms with Crippen molar-refractivity contribution in [3.05, 3.63) is 235 Å². The van der Waals surface area contributed by atoms with E-state index in [0.717, 1.165) is 72.4 Å². The molecule has 13 rings (SSSR count). The van der Waals surface area contributed by atoms with Crippen LogP contribution in [0.2, 0.25) is 0 Å². The molecule has 5 heteroatoms. The Bertz CT molecular complexity index is 3940. The Hall–Kier alpha value is -7.91. The Kier molecular flexibility index (Phi) is 10.5. The van der Waals surface area contributed by atoms with E-state index in [1.807, 2.05) is 6.20 Å². The summed E-state index contributed by atoms with van der Waals surface area (Å²) in [5.74, 6) is 2.02. The van der Waals surface area contributed by atoms with Crippen molar-refractivity contribution in [2.75, 3.05) is 0 Å². The molecule has 336 valence electrons. The first-order valence-electron chi connectivity index (χ1n) is 23.7. The summed E-state index contributed by atoms with van der Waals surface area (Å²) in [6.45, 7) is 8.81. The number of nitrogens with zero attached hydrogens (tertiary/aromatic N) is 3. The molecule has 0 amide bonds. The number of fused-ring (bicyclic) bond motifs is 17. The Morgan fingerprint density at radius 3 is 1.66 bits per heavy atom. The summed E-state index contributed by atoms with van der Waals surface area (Å²) in [6.07, 6.45) is 1.93. The van der Waals surface area contributed by atoms with Crippen molar-refractivity contribution in [3.63, 3.8) is 0 Å². The maximum Gasteiger partial charge on any atom is 2.00 e. The Labute approximate surface area is 422 Å². The van der Waals surface area contributed by atoms with E-state index in [-0.39, 0.29) is 26.5 Å². The van der Waals surface area contributed by atoms with Crippen molar-refractivity contribution in [2.45, 2.75) is 33.1 Å². The van der Waals surface area contributed by atoms with E-state index in [1.165, 1.54) is 55.6 Å². The van der Waals surface area contributed by atoms with Crippen LogP contribution >= 0.6 is 0 Å². The van der Waals surface area contributed by atoms with Crippen LogP contribution in [0.25, 0.3) is 94.4 Å². The molecule has 4 nitrogen and oxygen atoms in total. The molecule has 0 bridgehead atoms. The number of rotatable bonds is 4.